The summed E-state index contributed by atoms with van der Waals surface area (Å²) >= 11 is 0. The van der Waals surface area contributed by atoms with Gasteiger partial charge in [-0.3, -0.25) is 0 Å². The molecule has 0 aliphatic carbocycles. The summed E-state index contributed by atoms with van der Waals surface area (Å²) in [5.74, 6) is 0.634. The summed E-state index contributed by atoms with van der Waals surface area (Å²) < 4.78 is 34.1. The summed E-state index contributed by atoms with van der Waals surface area (Å²) in [5, 5.41) is 10.1. The second-order valence-electron chi connectivity index (χ2n) is 5.23. The Morgan fingerprint density at radius 3 is 2.52 bits per heavy atom. The van der Waals surface area contributed by atoms with Gasteiger partial charge in [-0.05, 0) is 42.8 Å². The lowest BCUT2D eigenvalue weighted by atomic mass is 10.2. The molecule has 1 heterocycles. The van der Waals surface area contributed by atoms with Crippen LogP contribution in [0.5, 0.6) is 5.75 Å². The Hall–Kier alpha value is -1.83. The molecular formula is C16H22N2O4S. The zero-order valence-corrected chi connectivity index (χ0v) is 14.1. The van der Waals surface area contributed by atoms with E-state index in [1.54, 1.807) is 42.1 Å². The molecule has 0 saturated carbocycles. The average Bonchev–Trinajstić information content (AvgIpc) is 2.97. The number of sulfonamides is 1. The van der Waals surface area contributed by atoms with Crippen molar-refractivity contribution in [2.75, 3.05) is 13.2 Å². The van der Waals surface area contributed by atoms with Crippen molar-refractivity contribution in [3.8, 4) is 5.75 Å². The minimum Gasteiger partial charge on any atom is -0.494 e. The number of rotatable bonds is 8. The van der Waals surface area contributed by atoms with Crippen molar-refractivity contribution in [1.29, 1.82) is 0 Å². The number of aliphatic hydroxyl groups is 1. The van der Waals surface area contributed by atoms with Crippen LogP contribution in [0.3, 0.4) is 0 Å². The maximum atomic E-state index is 12.2. The first-order chi connectivity index (χ1) is 10.9. The summed E-state index contributed by atoms with van der Waals surface area (Å²) in [7, 11) is -1.88. The van der Waals surface area contributed by atoms with E-state index >= 15 is 0 Å². The zero-order valence-electron chi connectivity index (χ0n) is 13.3. The Morgan fingerprint density at radius 2 is 1.96 bits per heavy atom. The Bertz CT molecular complexity index is 723. The van der Waals surface area contributed by atoms with Crippen molar-refractivity contribution in [2.45, 2.75) is 24.3 Å². The first-order valence-corrected chi connectivity index (χ1v) is 8.94. The van der Waals surface area contributed by atoms with Crippen molar-refractivity contribution in [3.63, 3.8) is 0 Å². The van der Waals surface area contributed by atoms with Gasteiger partial charge in [0.2, 0.25) is 10.0 Å². The fourth-order valence-electron chi connectivity index (χ4n) is 2.13. The van der Waals surface area contributed by atoms with Crippen LogP contribution >= 0.6 is 0 Å². The molecule has 0 amide bonds. The summed E-state index contributed by atoms with van der Waals surface area (Å²) in [6, 6.07) is 9.76. The van der Waals surface area contributed by atoms with Gasteiger partial charge >= 0.3 is 0 Å². The monoisotopic (exact) mass is 338 g/mol. The van der Waals surface area contributed by atoms with E-state index in [2.05, 4.69) is 4.72 Å². The molecule has 0 aliphatic heterocycles. The molecule has 1 atom stereocenters. The number of ether oxygens (including phenoxy) is 1. The summed E-state index contributed by atoms with van der Waals surface area (Å²) in [6.07, 6.45) is 1.78. The standard InChI is InChI=1S/C16H22N2O4S/c1-3-11-22-13-6-8-14(9-7-13)23(20,21)17-12-16(19)15-5-4-10-18(15)2/h4-10,16-17,19H,3,11-12H2,1-2H3. The van der Waals surface area contributed by atoms with E-state index in [0.29, 0.717) is 18.1 Å². The molecule has 0 spiro atoms. The molecule has 7 heteroatoms. The fourth-order valence-corrected chi connectivity index (χ4v) is 3.17. The Labute approximate surface area is 136 Å². The SMILES string of the molecule is CCCOc1ccc(S(=O)(=O)NCC(O)c2cccn2C)cc1. The summed E-state index contributed by atoms with van der Waals surface area (Å²) in [5.41, 5.74) is 0.649. The molecule has 126 valence electrons. The maximum absolute atomic E-state index is 12.2. The Morgan fingerprint density at radius 1 is 1.26 bits per heavy atom. The van der Waals surface area contributed by atoms with E-state index in [1.165, 1.54) is 12.1 Å². The second kappa shape index (κ2) is 7.63. The highest BCUT2D eigenvalue weighted by Crippen LogP contribution is 2.17. The number of nitrogens with one attached hydrogen (secondary N) is 1. The van der Waals surface area contributed by atoms with Gasteiger partial charge in [-0.15, -0.1) is 0 Å². The van der Waals surface area contributed by atoms with Crippen LogP contribution in [0.25, 0.3) is 0 Å². The van der Waals surface area contributed by atoms with Gasteiger partial charge in [0.15, 0.2) is 0 Å². The number of hydrogen-bond acceptors (Lipinski definition) is 4. The predicted octanol–water partition coefficient (Wildman–Crippen LogP) is 1.83. The number of aryl methyl sites for hydroxylation is 1. The van der Waals surface area contributed by atoms with Crippen LogP contribution < -0.4 is 9.46 Å². The van der Waals surface area contributed by atoms with Crippen molar-refractivity contribution in [1.82, 2.24) is 9.29 Å². The zero-order chi connectivity index (χ0) is 16.9. The highest BCUT2D eigenvalue weighted by Gasteiger charge is 2.18. The summed E-state index contributed by atoms with van der Waals surface area (Å²) in [6.45, 7) is 2.50. The van der Waals surface area contributed by atoms with Gasteiger partial charge in [-0.2, -0.15) is 0 Å². The molecule has 2 N–H and O–H groups in total. The third-order valence-electron chi connectivity index (χ3n) is 3.40. The van der Waals surface area contributed by atoms with E-state index < -0.39 is 16.1 Å². The number of hydrogen-bond donors (Lipinski definition) is 2. The van der Waals surface area contributed by atoms with Crippen molar-refractivity contribution in [3.05, 3.63) is 48.3 Å². The highest BCUT2D eigenvalue weighted by molar-refractivity contribution is 7.89. The molecule has 0 bridgehead atoms. The van der Waals surface area contributed by atoms with E-state index in [0.717, 1.165) is 6.42 Å². The molecule has 1 aromatic heterocycles. The van der Waals surface area contributed by atoms with Crippen molar-refractivity contribution < 1.29 is 18.3 Å². The third kappa shape index (κ3) is 4.57. The van der Waals surface area contributed by atoms with Gasteiger partial charge in [0.05, 0.1) is 11.5 Å². The molecule has 0 fully saturated rings. The predicted molar refractivity (Wildman–Crippen MR) is 87.8 cm³/mol. The van der Waals surface area contributed by atoms with E-state index in [-0.39, 0.29) is 11.4 Å². The maximum Gasteiger partial charge on any atom is 0.240 e. The first-order valence-electron chi connectivity index (χ1n) is 7.46. The van der Waals surface area contributed by atoms with E-state index in [4.69, 9.17) is 4.74 Å². The second-order valence-corrected chi connectivity index (χ2v) is 7.00. The molecular weight excluding hydrogens is 316 g/mol. The smallest absolute Gasteiger partial charge is 0.240 e. The van der Waals surface area contributed by atoms with Crippen LogP contribution in [-0.4, -0.2) is 31.2 Å². The van der Waals surface area contributed by atoms with Crippen LogP contribution in [-0.2, 0) is 17.1 Å². The minimum absolute atomic E-state index is 0.0890. The summed E-state index contributed by atoms with van der Waals surface area (Å²) in [4.78, 5) is 0.139. The van der Waals surface area contributed by atoms with Gasteiger partial charge in [-0.25, -0.2) is 13.1 Å². The highest BCUT2D eigenvalue weighted by atomic mass is 32.2. The molecule has 23 heavy (non-hydrogen) atoms. The first kappa shape index (κ1) is 17.5. The van der Waals surface area contributed by atoms with Crippen molar-refractivity contribution in [2.24, 2.45) is 7.05 Å². The Balaban J connectivity index is 2.00. The van der Waals surface area contributed by atoms with Crippen LogP contribution in [0.4, 0.5) is 0 Å². The quantitative estimate of drug-likeness (QED) is 0.769. The van der Waals surface area contributed by atoms with Crippen LogP contribution in [0.15, 0.2) is 47.5 Å². The molecule has 1 unspecified atom stereocenters. The van der Waals surface area contributed by atoms with Crippen molar-refractivity contribution >= 4 is 10.0 Å². The lowest BCUT2D eigenvalue weighted by molar-refractivity contribution is 0.173. The topological polar surface area (TPSA) is 80.6 Å². The number of aromatic nitrogens is 1. The average molecular weight is 338 g/mol. The number of benzene rings is 1. The van der Waals surface area contributed by atoms with E-state index in [9.17, 15) is 13.5 Å². The molecule has 2 rings (SSSR count). The number of nitrogens with zero attached hydrogens (tertiary/aromatic N) is 1. The largest absolute Gasteiger partial charge is 0.494 e. The van der Waals surface area contributed by atoms with E-state index in [1.807, 2.05) is 6.92 Å². The molecule has 1 aromatic carbocycles. The lowest BCUT2D eigenvalue weighted by Crippen LogP contribution is -2.29. The van der Waals surface area contributed by atoms with Gasteiger partial charge in [0.25, 0.3) is 0 Å². The lowest BCUT2D eigenvalue weighted by Gasteiger charge is -2.13. The molecule has 0 saturated heterocycles. The van der Waals surface area contributed by atoms with Crippen LogP contribution in [0.1, 0.15) is 25.1 Å². The molecule has 6 nitrogen and oxygen atoms in total. The normalized spacial score (nSPS) is 13.0. The van der Waals surface area contributed by atoms with Crippen LogP contribution in [0.2, 0.25) is 0 Å². The number of aliphatic hydroxyl groups excluding tert-OH is 1. The van der Waals surface area contributed by atoms with Crippen LogP contribution in [0, 0.1) is 0 Å². The minimum atomic E-state index is -3.67. The molecule has 0 aliphatic rings. The fraction of sp³-hybridized carbons (Fsp3) is 0.375. The van der Waals surface area contributed by atoms with Gasteiger partial charge < -0.3 is 14.4 Å². The molecule has 0 radical (unpaired) electrons. The third-order valence-corrected chi connectivity index (χ3v) is 4.84. The van der Waals surface area contributed by atoms with Gasteiger partial charge in [0.1, 0.15) is 11.9 Å². The van der Waals surface area contributed by atoms with Gasteiger partial charge in [0, 0.05) is 25.5 Å². The molecule has 2 aromatic rings. The van der Waals surface area contributed by atoms with Gasteiger partial charge in [-0.1, -0.05) is 6.92 Å². The Kier molecular flexibility index (Phi) is 5.81.